The molecule has 2 amide bonds. The average molecular weight is 362 g/mol. The van der Waals surface area contributed by atoms with E-state index in [0.717, 1.165) is 12.0 Å². The van der Waals surface area contributed by atoms with Crippen LogP contribution in [0.1, 0.15) is 39.2 Å². The average Bonchev–Trinajstić information content (AvgIpc) is 2.63. The normalized spacial score (nSPS) is 17.9. The van der Waals surface area contributed by atoms with E-state index in [1.807, 2.05) is 30.3 Å². The minimum absolute atomic E-state index is 0.0793. The van der Waals surface area contributed by atoms with Gasteiger partial charge in [-0.3, -0.25) is 9.69 Å². The first kappa shape index (κ1) is 20.2. The molecule has 0 saturated carbocycles. The fourth-order valence-electron chi connectivity index (χ4n) is 2.92. The van der Waals surface area contributed by atoms with Gasteiger partial charge in [-0.05, 0) is 17.4 Å². The van der Waals surface area contributed by atoms with Gasteiger partial charge in [-0.1, -0.05) is 51.1 Å². The van der Waals surface area contributed by atoms with Gasteiger partial charge < -0.3 is 14.7 Å². The molecule has 6 heteroatoms. The van der Waals surface area contributed by atoms with Gasteiger partial charge in [-0.25, -0.2) is 4.79 Å². The summed E-state index contributed by atoms with van der Waals surface area (Å²) in [6, 6.07) is 9.04. The molecule has 1 fully saturated rings. The van der Waals surface area contributed by atoms with E-state index in [1.54, 1.807) is 4.90 Å². The molecule has 2 rings (SSSR count). The minimum Gasteiger partial charge on any atom is -0.445 e. The Morgan fingerprint density at radius 2 is 1.88 bits per heavy atom. The highest BCUT2D eigenvalue weighted by atomic mass is 16.6. The summed E-state index contributed by atoms with van der Waals surface area (Å²) in [6.45, 7) is 7.53. The molecule has 1 heterocycles. The summed E-state index contributed by atoms with van der Waals surface area (Å²) in [5.41, 5.74) is 1.02. The molecule has 1 aromatic rings. The second kappa shape index (κ2) is 9.03. The molecule has 1 aliphatic heterocycles. The first-order valence-corrected chi connectivity index (χ1v) is 9.16. The Bertz CT molecular complexity index is 598. The maximum Gasteiger partial charge on any atom is 0.410 e. The number of rotatable bonds is 5. The maximum absolute atomic E-state index is 12.4. The predicted octanol–water partition coefficient (Wildman–Crippen LogP) is 2.65. The van der Waals surface area contributed by atoms with Gasteiger partial charge in [-0.2, -0.15) is 0 Å². The number of amides is 2. The third-order valence-electron chi connectivity index (χ3n) is 4.57. The van der Waals surface area contributed by atoms with Gasteiger partial charge in [-0.15, -0.1) is 0 Å². The number of aliphatic hydroxyl groups is 1. The molecule has 0 aromatic heterocycles. The smallest absolute Gasteiger partial charge is 0.410 e. The van der Waals surface area contributed by atoms with Gasteiger partial charge in [0, 0.05) is 26.1 Å². The van der Waals surface area contributed by atoms with Crippen molar-refractivity contribution in [2.45, 2.75) is 46.3 Å². The lowest BCUT2D eigenvalue weighted by atomic mass is 9.90. The summed E-state index contributed by atoms with van der Waals surface area (Å²) >= 11 is 0. The van der Waals surface area contributed by atoms with Crippen LogP contribution in [0.5, 0.6) is 0 Å². The lowest BCUT2D eigenvalue weighted by Gasteiger charge is -2.40. The van der Waals surface area contributed by atoms with Crippen LogP contribution < -0.4 is 0 Å². The number of nitrogens with zero attached hydrogens (tertiary/aromatic N) is 2. The molecule has 0 spiro atoms. The van der Waals surface area contributed by atoms with Gasteiger partial charge in [0.15, 0.2) is 0 Å². The zero-order valence-corrected chi connectivity index (χ0v) is 16.0. The first-order chi connectivity index (χ1) is 12.3. The van der Waals surface area contributed by atoms with Gasteiger partial charge in [0.25, 0.3) is 0 Å². The molecule has 1 saturated heterocycles. The quantitative estimate of drug-likeness (QED) is 0.874. The van der Waals surface area contributed by atoms with Crippen molar-refractivity contribution < 1.29 is 19.4 Å². The molecule has 144 valence electrons. The molecule has 6 nitrogen and oxygen atoms in total. The maximum atomic E-state index is 12.4. The number of carbonyl (C=O) groups is 2. The Morgan fingerprint density at radius 1 is 1.19 bits per heavy atom. The van der Waals surface area contributed by atoms with Crippen molar-refractivity contribution in [3.63, 3.8) is 0 Å². The minimum atomic E-state index is -0.449. The molecule has 1 unspecified atom stereocenters. The number of ether oxygens (including phenoxy) is 1. The molecule has 0 radical (unpaired) electrons. The largest absolute Gasteiger partial charge is 0.445 e. The van der Waals surface area contributed by atoms with E-state index in [-0.39, 0.29) is 24.5 Å². The zero-order valence-electron chi connectivity index (χ0n) is 16.0. The van der Waals surface area contributed by atoms with E-state index in [1.165, 1.54) is 4.90 Å². The van der Waals surface area contributed by atoms with E-state index in [2.05, 4.69) is 20.8 Å². The van der Waals surface area contributed by atoms with Crippen LogP contribution in [0.2, 0.25) is 0 Å². The van der Waals surface area contributed by atoms with Gasteiger partial charge in [0.05, 0.1) is 12.6 Å². The Labute approximate surface area is 155 Å². The Balaban J connectivity index is 1.86. The van der Waals surface area contributed by atoms with Gasteiger partial charge in [0.1, 0.15) is 6.61 Å². The van der Waals surface area contributed by atoms with Crippen LogP contribution in [0.3, 0.4) is 0 Å². The molecule has 0 bridgehead atoms. The van der Waals surface area contributed by atoms with Crippen LogP contribution in [-0.4, -0.2) is 59.2 Å². The van der Waals surface area contributed by atoms with Crippen LogP contribution in [0, 0.1) is 5.41 Å². The SMILES string of the molecule is CC(C)(C)CCC(=O)N1CCN(C(=O)OCc2ccccc2)C(CO)C1. The van der Waals surface area contributed by atoms with Crippen LogP contribution in [0.25, 0.3) is 0 Å². The summed E-state index contributed by atoms with van der Waals surface area (Å²) in [5.74, 6) is 0.0793. The lowest BCUT2D eigenvalue weighted by molar-refractivity contribution is -0.135. The van der Waals surface area contributed by atoms with Crippen LogP contribution in [0.15, 0.2) is 30.3 Å². The molecule has 0 aliphatic carbocycles. The molecular formula is C20H30N2O4. The van der Waals surface area contributed by atoms with Crippen molar-refractivity contribution in [3.05, 3.63) is 35.9 Å². The van der Waals surface area contributed by atoms with Crippen molar-refractivity contribution in [2.24, 2.45) is 5.41 Å². The van der Waals surface area contributed by atoms with Crippen molar-refractivity contribution in [2.75, 3.05) is 26.2 Å². The highest BCUT2D eigenvalue weighted by molar-refractivity contribution is 5.77. The van der Waals surface area contributed by atoms with E-state index < -0.39 is 12.1 Å². The summed E-state index contributed by atoms with van der Waals surface area (Å²) < 4.78 is 5.36. The standard InChI is InChI=1S/C20H30N2O4/c1-20(2,3)10-9-18(24)21-11-12-22(17(13-21)14-23)19(25)26-15-16-7-5-4-6-8-16/h4-8,17,23H,9-15H2,1-3H3. The molecule has 1 aliphatic rings. The summed E-state index contributed by atoms with van der Waals surface area (Å²) in [4.78, 5) is 28.0. The third kappa shape index (κ3) is 6.02. The van der Waals surface area contributed by atoms with Gasteiger partial charge in [0.2, 0.25) is 5.91 Å². The van der Waals surface area contributed by atoms with Crippen molar-refractivity contribution >= 4 is 12.0 Å². The zero-order chi connectivity index (χ0) is 19.2. The summed E-state index contributed by atoms with van der Waals surface area (Å²) in [5, 5.41) is 9.67. The predicted molar refractivity (Wildman–Crippen MR) is 99.5 cm³/mol. The highest BCUT2D eigenvalue weighted by Gasteiger charge is 2.33. The Kier molecular flexibility index (Phi) is 7.03. The number of benzene rings is 1. The van der Waals surface area contributed by atoms with E-state index in [0.29, 0.717) is 26.1 Å². The first-order valence-electron chi connectivity index (χ1n) is 9.16. The van der Waals surface area contributed by atoms with Gasteiger partial charge >= 0.3 is 6.09 Å². The highest BCUT2D eigenvalue weighted by Crippen LogP contribution is 2.22. The van der Waals surface area contributed by atoms with E-state index in [9.17, 15) is 14.7 Å². The fraction of sp³-hybridized carbons (Fsp3) is 0.600. The topological polar surface area (TPSA) is 70.1 Å². The van der Waals surface area contributed by atoms with E-state index in [4.69, 9.17) is 4.74 Å². The van der Waals surface area contributed by atoms with E-state index >= 15 is 0 Å². The molecule has 1 N–H and O–H groups in total. The second-order valence-electron chi connectivity index (χ2n) is 7.97. The summed E-state index contributed by atoms with van der Waals surface area (Å²) in [6.07, 6.45) is 0.851. The van der Waals surface area contributed by atoms with Crippen LogP contribution in [0.4, 0.5) is 4.79 Å². The number of hydrogen-bond donors (Lipinski definition) is 1. The number of aliphatic hydroxyl groups excluding tert-OH is 1. The number of carbonyl (C=O) groups excluding carboxylic acids is 2. The fourth-order valence-corrected chi connectivity index (χ4v) is 2.92. The van der Waals surface area contributed by atoms with Crippen molar-refractivity contribution in [3.8, 4) is 0 Å². The number of piperazine rings is 1. The lowest BCUT2D eigenvalue weighted by Crippen LogP contribution is -2.58. The summed E-state index contributed by atoms with van der Waals surface area (Å²) in [7, 11) is 0. The van der Waals surface area contributed by atoms with Crippen LogP contribution >= 0.6 is 0 Å². The second-order valence-corrected chi connectivity index (χ2v) is 7.97. The number of hydrogen-bond acceptors (Lipinski definition) is 4. The molecule has 1 aromatic carbocycles. The third-order valence-corrected chi connectivity index (χ3v) is 4.57. The molecule has 26 heavy (non-hydrogen) atoms. The molecule has 1 atom stereocenters. The Morgan fingerprint density at radius 3 is 2.50 bits per heavy atom. The molecular weight excluding hydrogens is 332 g/mol. The van der Waals surface area contributed by atoms with Crippen molar-refractivity contribution in [1.29, 1.82) is 0 Å². The van der Waals surface area contributed by atoms with Crippen LogP contribution in [-0.2, 0) is 16.1 Å². The Hall–Kier alpha value is -2.08. The monoisotopic (exact) mass is 362 g/mol. The van der Waals surface area contributed by atoms with Crippen molar-refractivity contribution in [1.82, 2.24) is 9.80 Å².